The maximum atomic E-state index is 11.3. The third-order valence-corrected chi connectivity index (χ3v) is 2.41. The van der Waals surface area contributed by atoms with Crippen molar-refractivity contribution >= 4 is 5.91 Å². The van der Waals surface area contributed by atoms with E-state index in [1.807, 2.05) is 0 Å². The van der Waals surface area contributed by atoms with Gasteiger partial charge < -0.3 is 10.6 Å². The number of carbonyl (C=O) groups excluding carboxylic acids is 1. The lowest BCUT2D eigenvalue weighted by Crippen LogP contribution is -2.40. The molecule has 0 aromatic heterocycles. The first-order chi connectivity index (χ1) is 6.83. The third kappa shape index (κ3) is 4.29. The van der Waals surface area contributed by atoms with Crippen LogP contribution in [0.15, 0.2) is 0 Å². The number of rotatable bonds is 3. The quantitative estimate of drug-likeness (QED) is 0.648. The molecule has 14 heavy (non-hydrogen) atoms. The fourth-order valence-electron chi connectivity index (χ4n) is 1.63. The van der Waals surface area contributed by atoms with Crippen molar-refractivity contribution in [2.45, 2.75) is 38.1 Å². The SMILES string of the molecule is C#CCCC(=O)NC1CCCCNC1. The summed E-state index contributed by atoms with van der Waals surface area (Å²) in [6, 6.07) is 0.294. The van der Waals surface area contributed by atoms with Crippen molar-refractivity contribution in [2.24, 2.45) is 0 Å². The average molecular weight is 194 g/mol. The molecule has 78 valence electrons. The molecule has 1 rings (SSSR count). The van der Waals surface area contributed by atoms with E-state index >= 15 is 0 Å². The zero-order chi connectivity index (χ0) is 10.2. The molecule has 3 nitrogen and oxygen atoms in total. The minimum Gasteiger partial charge on any atom is -0.352 e. The van der Waals surface area contributed by atoms with Crippen LogP contribution < -0.4 is 10.6 Å². The summed E-state index contributed by atoms with van der Waals surface area (Å²) in [6.07, 6.45) is 9.55. The van der Waals surface area contributed by atoms with Crippen molar-refractivity contribution < 1.29 is 4.79 Å². The van der Waals surface area contributed by atoms with E-state index in [9.17, 15) is 4.79 Å². The fraction of sp³-hybridized carbons (Fsp3) is 0.727. The summed E-state index contributed by atoms with van der Waals surface area (Å²) >= 11 is 0. The molecule has 1 atom stereocenters. The lowest BCUT2D eigenvalue weighted by Gasteiger charge is -2.15. The van der Waals surface area contributed by atoms with Crippen molar-refractivity contribution in [3.63, 3.8) is 0 Å². The Morgan fingerprint density at radius 3 is 3.21 bits per heavy atom. The molecule has 1 unspecified atom stereocenters. The second-order valence-corrected chi connectivity index (χ2v) is 3.67. The van der Waals surface area contributed by atoms with Gasteiger partial charge >= 0.3 is 0 Å². The summed E-state index contributed by atoms with van der Waals surface area (Å²) in [5.41, 5.74) is 0. The monoisotopic (exact) mass is 194 g/mol. The molecule has 0 spiro atoms. The van der Waals surface area contributed by atoms with Gasteiger partial charge in [0.25, 0.3) is 0 Å². The van der Waals surface area contributed by atoms with Gasteiger partial charge in [0.15, 0.2) is 0 Å². The Balaban J connectivity index is 2.21. The molecule has 1 aliphatic rings. The van der Waals surface area contributed by atoms with Gasteiger partial charge in [-0.1, -0.05) is 6.42 Å². The molecule has 0 radical (unpaired) electrons. The van der Waals surface area contributed by atoms with E-state index in [-0.39, 0.29) is 5.91 Å². The fourth-order valence-corrected chi connectivity index (χ4v) is 1.63. The molecular weight excluding hydrogens is 176 g/mol. The molecule has 0 aromatic carbocycles. The smallest absolute Gasteiger partial charge is 0.221 e. The number of terminal acetylenes is 1. The number of hydrogen-bond donors (Lipinski definition) is 2. The first-order valence-corrected chi connectivity index (χ1v) is 5.26. The summed E-state index contributed by atoms with van der Waals surface area (Å²) < 4.78 is 0. The number of hydrogen-bond acceptors (Lipinski definition) is 2. The molecule has 1 aliphatic heterocycles. The number of amides is 1. The summed E-state index contributed by atoms with van der Waals surface area (Å²) in [6.45, 7) is 1.96. The van der Waals surface area contributed by atoms with Crippen molar-refractivity contribution in [3.05, 3.63) is 0 Å². The normalized spacial score (nSPS) is 22.1. The molecule has 1 heterocycles. The van der Waals surface area contributed by atoms with Gasteiger partial charge in [0.1, 0.15) is 0 Å². The molecule has 1 fully saturated rings. The number of nitrogens with one attached hydrogen (secondary N) is 2. The van der Waals surface area contributed by atoms with E-state index < -0.39 is 0 Å². The Bertz CT molecular complexity index is 212. The van der Waals surface area contributed by atoms with E-state index in [0.717, 1.165) is 19.5 Å². The van der Waals surface area contributed by atoms with Gasteiger partial charge in [0, 0.05) is 25.4 Å². The second-order valence-electron chi connectivity index (χ2n) is 3.67. The second kappa shape index (κ2) is 6.44. The molecule has 0 aromatic rings. The Morgan fingerprint density at radius 2 is 2.43 bits per heavy atom. The average Bonchev–Trinajstić information content (AvgIpc) is 2.43. The largest absolute Gasteiger partial charge is 0.352 e. The standard InChI is InChI=1S/C11H18N2O/c1-2-3-7-11(14)13-10-6-4-5-8-12-9-10/h1,10,12H,3-9H2,(H,13,14). The summed E-state index contributed by atoms with van der Waals surface area (Å²) in [5.74, 6) is 2.55. The van der Waals surface area contributed by atoms with Crippen molar-refractivity contribution in [1.29, 1.82) is 0 Å². The first kappa shape index (κ1) is 11.1. The molecule has 2 N–H and O–H groups in total. The van der Waals surface area contributed by atoms with Crippen LogP contribution in [-0.4, -0.2) is 25.0 Å². The molecule has 1 amide bonds. The Hall–Kier alpha value is -1.01. The van der Waals surface area contributed by atoms with Gasteiger partial charge in [-0.05, 0) is 19.4 Å². The van der Waals surface area contributed by atoms with E-state index in [1.54, 1.807) is 0 Å². The highest BCUT2D eigenvalue weighted by Crippen LogP contribution is 2.04. The molecule has 0 saturated carbocycles. The van der Waals surface area contributed by atoms with Gasteiger partial charge in [-0.25, -0.2) is 0 Å². The van der Waals surface area contributed by atoms with Crippen LogP contribution in [0, 0.1) is 12.3 Å². The molecular formula is C11H18N2O. The van der Waals surface area contributed by atoms with Crippen molar-refractivity contribution in [3.8, 4) is 12.3 Å². The van der Waals surface area contributed by atoms with Crippen LogP contribution in [0.2, 0.25) is 0 Å². The molecule has 0 bridgehead atoms. The summed E-state index contributed by atoms with van der Waals surface area (Å²) in [7, 11) is 0. The predicted molar refractivity (Wildman–Crippen MR) is 56.7 cm³/mol. The number of carbonyl (C=O) groups is 1. The van der Waals surface area contributed by atoms with Crippen LogP contribution >= 0.6 is 0 Å². The minimum absolute atomic E-state index is 0.0802. The van der Waals surface area contributed by atoms with E-state index in [1.165, 1.54) is 12.8 Å². The van der Waals surface area contributed by atoms with Crippen LogP contribution in [-0.2, 0) is 4.79 Å². The van der Waals surface area contributed by atoms with Gasteiger partial charge in [-0.2, -0.15) is 0 Å². The summed E-state index contributed by atoms with van der Waals surface area (Å²) in [5, 5.41) is 6.30. The van der Waals surface area contributed by atoms with E-state index in [2.05, 4.69) is 16.6 Å². The molecule has 3 heteroatoms. The highest BCUT2D eigenvalue weighted by molar-refractivity contribution is 5.76. The van der Waals surface area contributed by atoms with Crippen molar-refractivity contribution in [2.75, 3.05) is 13.1 Å². The third-order valence-electron chi connectivity index (χ3n) is 2.41. The Labute approximate surface area is 85.6 Å². The van der Waals surface area contributed by atoms with Crippen LogP contribution in [0.25, 0.3) is 0 Å². The highest BCUT2D eigenvalue weighted by Gasteiger charge is 2.13. The predicted octanol–water partition coefficient (Wildman–Crippen LogP) is 0.658. The van der Waals surface area contributed by atoms with Crippen LogP contribution in [0.1, 0.15) is 32.1 Å². The lowest BCUT2D eigenvalue weighted by atomic mass is 10.1. The van der Waals surface area contributed by atoms with E-state index in [4.69, 9.17) is 6.42 Å². The first-order valence-electron chi connectivity index (χ1n) is 5.26. The summed E-state index contributed by atoms with van der Waals surface area (Å²) in [4.78, 5) is 11.3. The highest BCUT2D eigenvalue weighted by atomic mass is 16.1. The Morgan fingerprint density at radius 1 is 1.57 bits per heavy atom. The van der Waals surface area contributed by atoms with Crippen LogP contribution in [0.4, 0.5) is 0 Å². The van der Waals surface area contributed by atoms with Crippen LogP contribution in [0.3, 0.4) is 0 Å². The molecule has 0 aliphatic carbocycles. The molecule has 1 saturated heterocycles. The Kier molecular flexibility index (Phi) is 5.09. The van der Waals surface area contributed by atoms with E-state index in [0.29, 0.717) is 18.9 Å². The van der Waals surface area contributed by atoms with Gasteiger partial charge in [-0.15, -0.1) is 12.3 Å². The van der Waals surface area contributed by atoms with Crippen LogP contribution in [0.5, 0.6) is 0 Å². The van der Waals surface area contributed by atoms with Gasteiger partial charge in [-0.3, -0.25) is 4.79 Å². The maximum Gasteiger partial charge on any atom is 0.221 e. The van der Waals surface area contributed by atoms with Gasteiger partial charge in [0.2, 0.25) is 5.91 Å². The van der Waals surface area contributed by atoms with Crippen molar-refractivity contribution in [1.82, 2.24) is 10.6 Å². The lowest BCUT2D eigenvalue weighted by molar-refractivity contribution is -0.121. The zero-order valence-corrected chi connectivity index (χ0v) is 8.51. The maximum absolute atomic E-state index is 11.3. The zero-order valence-electron chi connectivity index (χ0n) is 8.51. The topological polar surface area (TPSA) is 41.1 Å². The minimum atomic E-state index is 0.0802. The van der Waals surface area contributed by atoms with Gasteiger partial charge in [0.05, 0.1) is 0 Å².